The highest BCUT2D eigenvalue weighted by Crippen LogP contribution is 2.44. The van der Waals surface area contributed by atoms with E-state index in [1.807, 2.05) is 43.4 Å². The molecule has 4 rings (SSSR count). The van der Waals surface area contributed by atoms with Crippen molar-refractivity contribution in [3.63, 3.8) is 0 Å². The van der Waals surface area contributed by atoms with Crippen molar-refractivity contribution in [2.45, 2.75) is 31.2 Å². The van der Waals surface area contributed by atoms with Crippen molar-refractivity contribution in [1.82, 2.24) is 15.1 Å². The van der Waals surface area contributed by atoms with Gasteiger partial charge in [-0.1, -0.05) is 48.5 Å². The minimum Gasteiger partial charge on any atom is -0.481 e. The van der Waals surface area contributed by atoms with E-state index in [0.29, 0.717) is 13.1 Å². The summed E-state index contributed by atoms with van der Waals surface area (Å²) < 4.78 is 5.58. The van der Waals surface area contributed by atoms with Crippen LogP contribution in [0.4, 0.5) is 4.79 Å². The molecule has 1 aliphatic heterocycles. The maximum absolute atomic E-state index is 13.1. The van der Waals surface area contributed by atoms with E-state index in [2.05, 4.69) is 22.3 Å². The van der Waals surface area contributed by atoms with Crippen LogP contribution in [-0.4, -0.2) is 78.8 Å². The van der Waals surface area contributed by atoms with E-state index in [1.54, 1.807) is 4.90 Å². The second-order valence-electron chi connectivity index (χ2n) is 8.94. The van der Waals surface area contributed by atoms with Gasteiger partial charge in [0.1, 0.15) is 12.6 Å². The summed E-state index contributed by atoms with van der Waals surface area (Å²) >= 11 is 0. The fourth-order valence-corrected chi connectivity index (χ4v) is 4.79. The molecule has 0 bridgehead atoms. The second kappa shape index (κ2) is 10.7. The van der Waals surface area contributed by atoms with Gasteiger partial charge in [0.25, 0.3) is 0 Å². The number of hydrogen-bond donors (Lipinski definition) is 2. The molecule has 1 fully saturated rings. The molecular weight excluding hydrogens is 434 g/mol. The first-order valence-corrected chi connectivity index (χ1v) is 11.7. The molecule has 2 N–H and O–H groups in total. The van der Waals surface area contributed by atoms with Crippen molar-refractivity contribution in [3.05, 3.63) is 59.7 Å². The van der Waals surface area contributed by atoms with Crippen LogP contribution in [0.25, 0.3) is 11.1 Å². The van der Waals surface area contributed by atoms with Crippen LogP contribution in [0.15, 0.2) is 48.5 Å². The molecule has 8 heteroatoms. The van der Waals surface area contributed by atoms with Gasteiger partial charge in [0.15, 0.2) is 0 Å². The van der Waals surface area contributed by atoms with Gasteiger partial charge in [0.05, 0.1) is 0 Å². The number of nitrogens with one attached hydrogen (secondary N) is 1. The number of hydrogen-bond acceptors (Lipinski definition) is 5. The van der Waals surface area contributed by atoms with Crippen LogP contribution in [0, 0.1) is 0 Å². The van der Waals surface area contributed by atoms with Gasteiger partial charge in [-0.25, -0.2) is 4.79 Å². The number of carbonyl (C=O) groups excluding carboxylic acids is 2. The number of carbonyl (C=O) groups is 3. The Morgan fingerprint density at radius 2 is 1.65 bits per heavy atom. The van der Waals surface area contributed by atoms with Gasteiger partial charge in [0.2, 0.25) is 5.91 Å². The molecule has 2 aliphatic rings. The summed E-state index contributed by atoms with van der Waals surface area (Å²) in [6.07, 6.45) is -0.0744. The molecule has 0 saturated carbocycles. The molecule has 34 heavy (non-hydrogen) atoms. The minimum absolute atomic E-state index is 0.0186. The van der Waals surface area contributed by atoms with Crippen LogP contribution in [0.2, 0.25) is 0 Å². The lowest BCUT2D eigenvalue weighted by Gasteiger charge is -2.26. The quantitative estimate of drug-likeness (QED) is 0.652. The van der Waals surface area contributed by atoms with Crippen molar-refractivity contribution >= 4 is 18.0 Å². The number of amides is 2. The Hall–Kier alpha value is -3.39. The van der Waals surface area contributed by atoms with E-state index in [4.69, 9.17) is 9.84 Å². The maximum Gasteiger partial charge on any atom is 0.407 e. The Bertz CT molecular complexity index is 1010. The van der Waals surface area contributed by atoms with Crippen molar-refractivity contribution < 1.29 is 24.2 Å². The zero-order valence-corrected chi connectivity index (χ0v) is 19.4. The molecule has 2 amide bonds. The third-order valence-electron chi connectivity index (χ3n) is 6.61. The first kappa shape index (κ1) is 23.8. The highest BCUT2D eigenvalue weighted by Gasteiger charge is 2.31. The molecule has 1 unspecified atom stereocenters. The lowest BCUT2D eigenvalue weighted by molar-refractivity contribution is -0.138. The predicted octanol–water partition coefficient (Wildman–Crippen LogP) is 2.92. The topological polar surface area (TPSA) is 99.2 Å². The van der Waals surface area contributed by atoms with Crippen molar-refractivity contribution in [1.29, 1.82) is 0 Å². The smallest absolute Gasteiger partial charge is 0.407 e. The predicted molar refractivity (Wildman–Crippen MR) is 128 cm³/mol. The van der Waals surface area contributed by atoms with Gasteiger partial charge in [-0.2, -0.15) is 0 Å². The fraction of sp³-hybridized carbons (Fsp3) is 0.423. The Balaban J connectivity index is 1.42. The number of alkyl carbamates (subject to hydrolysis) is 1. The Labute approximate surface area is 199 Å². The molecule has 0 radical (unpaired) electrons. The van der Waals surface area contributed by atoms with Crippen molar-refractivity contribution in [2.75, 3.05) is 39.8 Å². The maximum atomic E-state index is 13.1. The summed E-state index contributed by atoms with van der Waals surface area (Å²) in [5.74, 6) is -1.36. The number of benzene rings is 2. The first-order chi connectivity index (χ1) is 16.4. The SMILES string of the molecule is CN1CCCN(C(=O)C(CCC(=O)O)NC(=O)OCC2c3ccccc3-c3ccccc32)CC1. The van der Waals surface area contributed by atoms with Crippen LogP contribution < -0.4 is 5.32 Å². The lowest BCUT2D eigenvalue weighted by Crippen LogP contribution is -2.50. The standard InChI is InChI=1S/C26H31N3O5/c1-28-13-6-14-29(16-15-28)25(32)23(11-12-24(30)31)27-26(33)34-17-22-20-9-4-2-7-18(20)19-8-3-5-10-21(19)22/h2-5,7-10,22-23H,6,11-17H2,1H3,(H,27,33)(H,30,31). The lowest BCUT2D eigenvalue weighted by atomic mass is 9.98. The number of fused-ring (bicyclic) bond motifs is 3. The van der Waals surface area contributed by atoms with Gasteiger partial charge in [-0.3, -0.25) is 9.59 Å². The van der Waals surface area contributed by atoms with Gasteiger partial charge < -0.3 is 25.0 Å². The van der Waals surface area contributed by atoms with E-state index in [0.717, 1.165) is 41.8 Å². The Kier molecular flexibility index (Phi) is 7.47. The monoisotopic (exact) mass is 465 g/mol. The fourth-order valence-electron chi connectivity index (χ4n) is 4.79. The van der Waals surface area contributed by atoms with Gasteiger partial charge in [-0.05, 0) is 48.7 Å². The molecule has 8 nitrogen and oxygen atoms in total. The Morgan fingerprint density at radius 1 is 1.00 bits per heavy atom. The highest BCUT2D eigenvalue weighted by molar-refractivity contribution is 5.86. The number of carboxylic acid groups (broad SMARTS) is 1. The van der Waals surface area contributed by atoms with Crippen molar-refractivity contribution in [3.8, 4) is 11.1 Å². The summed E-state index contributed by atoms with van der Waals surface area (Å²) in [4.78, 5) is 40.9. The van der Waals surface area contributed by atoms with Crippen LogP contribution in [-0.2, 0) is 14.3 Å². The molecule has 0 spiro atoms. The summed E-state index contributed by atoms with van der Waals surface area (Å²) in [6.45, 7) is 2.89. The largest absolute Gasteiger partial charge is 0.481 e. The number of rotatable bonds is 7. The highest BCUT2D eigenvalue weighted by atomic mass is 16.5. The average Bonchev–Trinajstić information content (AvgIpc) is 2.98. The average molecular weight is 466 g/mol. The first-order valence-electron chi connectivity index (χ1n) is 11.7. The third-order valence-corrected chi connectivity index (χ3v) is 6.61. The van der Waals surface area contributed by atoms with Gasteiger partial charge >= 0.3 is 12.1 Å². The molecule has 2 aromatic carbocycles. The van der Waals surface area contributed by atoms with E-state index in [-0.39, 0.29) is 31.3 Å². The zero-order chi connectivity index (χ0) is 24.1. The molecule has 1 saturated heterocycles. The third kappa shape index (κ3) is 5.39. The summed E-state index contributed by atoms with van der Waals surface area (Å²) in [7, 11) is 2.00. The van der Waals surface area contributed by atoms with Crippen LogP contribution in [0.3, 0.4) is 0 Å². The van der Waals surface area contributed by atoms with Gasteiger partial charge in [-0.15, -0.1) is 0 Å². The normalized spacial score (nSPS) is 16.8. The summed E-state index contributed by atoms with van der Waals surface area (Å²) in [5, 5.41) is 11.8. The molecule has 2 aromatic rings. The number of nitrogens with zero attached hydrogens (tertiary/aromatic N) is 2. The number of carboxylic acids is 1. The molecule has 1 atom stereocenters. The van der Waals surface area contributed by atoms with Crippen LogP contribution in [0.1, 0.15) is 36.3 Å². The van der Waals surface area contributed by atoms with Gasteiger partial charge in [0, 0.05) is 32.0 Å². The number of aliphatic carboxylic acids is 1. The number of ether oxygens (including phenoxy) is 1. The van der Waals surface area contributed by atoms with E-state index in [1.165, 1.54) is 0 Å². The number of likely N-dealkylation sites (N-methyl/N-ethyl adjacent to an activating group) is 1. The summed E-state index contributed by atoms with van der Waals surface area (Å²) in [6, 6.07) is 15.2. The molecule has 0 aromatic heterocycles. The minimum atomic E-state index is -1.01. The Morgan fingerprint density at radius 3 is 2.29 bits per heavy atom. The van der Waals surface area contributed by atoms with E-state index >= 15 is 0 Å². The zero-order valence-electron chi connectivity index (χ0n) is 19.4. The van der Waals surface area contributed by atoms with E-state index < -0.39 is 18.1 Å². The van der Waals surface area contributed by atoms with E-state index in [9.17, 15) is 14.4 Å². The molecule has 1 heterocycles. The second-order valence-corrected chi connectivity index (χ2v) is 8.94. The molecular formula is C26H31N3O5. The van der Waals surface area contributed by atoms with Crippen LogP contribution in [0.5, 0.6) is 0 Å². The van der Waals surface area contributed by atoms with Crippen molar-refractivity contribution in [2.24, 2.45) is 0 Å². The summed E-state index contributed by atoms with van der Waals surface area (Å²) in [5.41, 5.74) is 4.47. The van der Waals surface area contributed by atoms with Crippen LogP contribution >= 0.6 is 0 Å². The molecule has 180 valence electrons. The molecule has 1 aliphatic carbocycles.